The lowest BCUT2D eigenvalue weighted by Crippen LogP contribution is -2.50. The van der Waals surface area contributed by atoms with Gasteiger partial charge in [0.05, 0.1) is 0 Å². The minimum atomic E-state index is -2.08. The smallest absolute Gasteiger partial charge is 0.325 e. The molecule has 2 aromatic rings. The van der Waals surface area contributed by atoms with E-state index in [2.05, 4.69) is 0 Å². The van der Waals surface area contributed by atoms with Gasteiger partial charge < -0.3 is 14.8 Å². The number of nitrogens with zero attached hydrogens (tertiary/aromatic N) is 1. The monoisotopic (exact) mass is 389 g/mol. The van der Waals surface area contributed by atoms with E-state index >= 15 is 0 Å². The van der Waals surface area contributed by atoms with E-state index in [0.29, 0.717) is 17.9 Å². The van der Waals surface area contributed by atoms with Crippen molar-refractivity contribution in [2.75, 3.05) is 0 Å². The molecule has 1 aliphatic carbocycles. The third-order valence-electron chi connectivity index (χ3n) is 5.25. The molecule has 2 N–H and O–H groups in total. The van der Waals surface area contributed by atoms with E-state index in [4.69, 9.17) is 11.6 Å². The highest BCUT2D eigenvalue weighted by molar-refractivity contribution is 6.30. The van der Waals surface area contributed by atoms with Crippen LogP contribution in [0.3, 0.4) is 0 Å². The molecule has 1 aromatic heterocycles. The van der Waals surface area contributed by atoms with Crippen LogP contribution in [0.1, 0.15) is 32.1 Å². The van der Waals surface area contributed by atoms with Gasteiger partial charge in [-0.2, -0.15) is 0 Å². The van der Waals surface area contributed by atoms with E-state index in [-0.39, 0.29) is 0 Å². The molecule has 0 radical (unpaired) electrons. The zero-order valence-corrected chi connectivity index (χ0v) is 15.4. The summed E-state index contributed by atoms with van der Waals surface area (Å²) < 4.78 is 1.76. The summed E-state index contributed by atoms with van der Waals surface area (Å²) >= 11 is 5.96. The highest BCUT2D eigenvalue weighted by atomic mass is 35.5. The molecule has 142 valence electrons. The van der Waals surface area contributed by atoms with Crippen molar-refractivity contribution >= 4 is 29.3 Å². The van der Waals surface area contributed by atoms with Gasteiger partial charge in [0.1, 0.15) is 5.54 Å². The summed E-state index contributed by atoms with van der Waals surface area (Å²) in [5.74, 6) is -6.10. The van der Waals surface area contributed by atoms with Crippen LogP contribution in [0.25, 0.3) is 11.3 Å². The number of aromatic nitrogens is 1. The fourth-order valence-electron chi connectivity index (χ4n) is 3.95. The van der Waals surface area contributed by atoms with Crippen LogP contribution in [-0.4, -0.2) is 32.5 Å². The topological polar surface area (TPSA) is 96.6 Å². The number of carboxylic acids is 2. The van der Waals surface area contributed by atoms with Gasteiger partial charge in [-0.1, -0.05) is 43.0 Å². The summed E-state index contributed by atoms with van der Waals surface area (Å²) in [6.45, 7) is 0. The maximum absolute atomic E-state index is 13.2. The van der Waals surface area contributed by atoms with E-state index in [1.807, 2.05) is 18.2 Å². The Morgan fingerprint density at radius 2 is 1.56 bits per heavy atom. The maximum atomic E-state index is 13.2. The standard InChI is InChI=1S/C20H20ClNO5/c21-14-8-6-13(7-9-14)15-5-4-12-22(15)20(10-2-1-3-11-20)17(23)16(18(24)25)19(26)27/h4-9,12,16H,1-3,10-11H2,(H,24,25)(H,26,27). The number of halogens is 1. The summed E-state index contributed by atoms with van der Waals surface area (Å²) in [4.78, 5) is 36.2. The van der Waals surface area contributed by atoms with Crippen molar-refractivity contribution in [2.45, 2.75) is 37.6 Å². The number of hydrogen-bond acceptors (Lipinski definition) is 3. The summed E-state index contributed by atoms with van der Waals surface area (Å²) in [5, 5.41) is 19.3. The average molecular weight is 390 g/mol. The highest BCUT2D eigenvalue weighted by Gasteiger charge is 2.49. The number of carbonyl (C=O) groups is 3. The molecule has 0 aliphatic heterocycles. The van der Waals surface area contributed by atoms with E-state index < -0.39 is 29.2 Å². The molecule has 6 nitrogen and oxygen atoms in total. The quantitative estimate of drug-likeness (QED) is 0.732. The first-order valence-corrected chi connectivity index (χ1v) is 9.18. The molecule has 1 aliphatic rings. The van der Waals surface area contributed by atoms with Crippen molar-refractivity contribution in [2.24, 2.45) is 5.92 Å². The van der Waals surface area contributed by atoms with E-state index in [1.54, 1.807) is 29.0 Å². The van der Waals surface area contributed by atoms with Gasteiger partial charge in [0.2, 0.25) is 5.92 Å². The molecule has 7 heteroatoms. The Morgan fingerprint density at radius 3 is 2.11 bits per heavy atom. The summed E-state index contributed by atoms with van der Waals surface area (Å²) in [7, 11) is 0. The minimum Gasteiger partial charge on any atom is -0.480 e. The molecule has 0 saturated heterocycles. The van der Waals surface area contributed by atoms with Gasteiger partial charge in [-0.25, -0.2) is 0 Å². The van der Waals surface area contributed by atoms with Crippen molar-refractivity contribution in [1.29, 1.82) is 0 Å². The number of carboxylic acid groups (broad SMARTS) is 2. The van der Waals surface area contributed by atoms with Crippen molar-refractivity contribution in [1.82, 2.24) is 4.57 Å². The van der Waals surface area contributed by atoms with Crippen molar-refractivity contribution in [3.8, 4) is 11.3 Å². The van der Waals surface area contributed by atoms with Gasteiger partial charge in [-0.3, -0.25) is 14.4 Å². The molecule has 0 bridgehead atoms. The minimum absolute atomic E-state index is 0.415. The van der Waals surface area contributed by atoms with Gasteiger partial charge in [0.15, 0.2) is 5.78 Å². The number of ketones is 1. The van der Waals surface area contributed by atoms with Crippen LogP contribution in [0.2, 0.25) is 5.02 Å². The van der Waals surface area contributed by atoms with Crippen LogP contribution in [-0.2, 0) is 19.9 Å². The predicted molar refractivity (Wildman–Crippen MR) is 99.7 cm³/mol. The van der Waals surface area contributed by atoms with Gasteiger partial charge >= 0.3 is 11.9 Å². The van der Waals surface area contributed by atoms with E-state index in [9.17, 15) is 24.6 Å². The van der Waals surface area contributed by atoms with Crippen molar-refractivity contribution < 1.29 is 24.6 Å². The Bertz CT molecular complexity index is 851. The maximum Gasteiger partial charge on any atom is 0.325 e. The Balaban J connectivity index is 2.13. The Kier molecular flexibility index (Phi) is 5.37. The molecule has 1 aromatic carbocycles. The molecule has 1 saturated carbocycles. The first-order chi connectivity index (χ1) is 12.9. The van der Waals surface area contributed by atoms with Crippen LogP contribution < -0.4 is 0 Å². The second-order valence-corrected chi connectivity index (χ2v) is 7.27. The molecule has 1 heterocycles. The largest absolute Gasteiger partial charge is 0.480 e. The van der Waals surface area contributed by atoms with Crippen LogP contribution in [0, 0.1) is 5.92 Å². The predicted octanol–water partition coefficient (Wildman–Crippen LogP) is 3.82. The van der Waals surface area contributed by atoms with Gasteiger partial charge in [-0.05, 0) is 42.7 Å². The lowest BCUT2D eigenvalue weighted by molar-refractivity contribution is -0.160. The first-order valence-electron chi connectivity index (χ1n) is 8.80. The van der Waals surface area contributed by atoms with Crippen LogP contribution in [0.4, 0.5) is 0 Å². The molecule has 1 fully saturated rings. The number of hydrogen-bond donors (Lipinski definition) is 2. The average Bonchev–Trinajstić information content (AvgIpc) is 3.12. The Hall–Kier alpha value is -2.60. The fourth-order valence-corrected chi connectivity index (χ4v) is 4.08. The second-order valence-electron chi connectivity index (χ2n) is 6.84. The Labute approximate surface area is 161 Å². The molecule has 0 spiro atoms. The summed E-state index contributed by atoms with van der Waals surface area (Å²) in [5.41, 5.74) is 0.374. The SMILES string of the molecule is O=C(O)C(C(=O)O)C(=O)C1(n2cccc2-c2ccc(Cl)cc2)CCCCC1. The normalized spacial score (nSPS) is 16.2. The van der Waals surface area contributed by atoms with Crippen LogP contribution in [0.5, 0.6) is 0 Å². The number of Topliss-reactive ketones (excluding diaryl/α,β-unsaturated/α-hetero) is 1. The van der Waals surface area contributed by atoms with Gasteiger partial charge in [0, 0.05) is 16.9 Å². The molecule has 0 atom stereocenters. The van der Waals surface area contributed by atoms with Crippen molar-refractivity contribution in [3.05, 3.63) is 47.6 Å². The molecular weight excluding hydrogens is 370 g/mol. The number of carbonyl (C=O) groups excluding carboxylic acids is 1. The highest BCUT2D eigenvalue weighted by Crippen LogP contribution is 2.41. The lowest BCUT2D eigenvalue weighted by atomic mass is 9.74. The summed E-state index contributed by atoms with van der Waals surface area (Å²) in [6.07, 6.45) is 4.95. The van der Waals surface area contributed by atoms with Crippen LogP contribution in [0.15, 0.2) is 42.6 Å². The molecular formula is C20H20ClNO5. The molecule has 27 heavy (non-hydrogen) atoms. The second kappa shape index (κ2) is 7.56. The summed E-state index contributed by atoms with van der Waals surface area (Å²) in [6, 6.07) is 10.7. The Morgan fingerprint density at radius 1 is 0.963 bits per heavy atom. The fraction of sp³-hybridized carbons (Fsp3) is 0.350. The van der Waals surface area contributed by atoms with Gasteiger partial charge in [0.25, 0.3) is 0 Å². The first kappa shape index (κ1) is 19.2. The third-order valence-corrected chi connectivity index (χ3v) is 5.50. The van der Waals surface area contributed by atoms with Crippen LogP contribution >= 0.6 is 11.6 Å². The molecule has 0 unspecified atom stereocenters. The molecule has 3 rings (SSSR count). The van der Waals surface area contributed by atoms with Crippen molar-refractivity contribution in [3.63, 3.8) is 0 Å². The zero-order valence-electron chi connectivity index (χ0n) is 14.6. The van der Waals surface area contributed by atoms with Gasteiger partial charge in [-0.15, -0.1) is 0 Å². The van der Waals surface area contributed by atoms with E-state index in [1.165, 1.54) is 0 Å². The van der Waals surface area contributed by atoms with E-state index in [0.717, 1.165) is 30.5 Å². The zero-order chi connectivity index (χ0) is 19.6. The lowest BCUT2D eigenvalue weighted by Gasteiger charge is -2.39. The number of benzene rings is 1. The number of rotatable bonds is 6. The molecule has 0 amide bonds. The third kappa shape index (κ3) is 3.49. The number of aliphatic carboxylic acids is 2.